The summed E-state index contributed by atoms with van der Waals surface area (Å²) in [5.74, 6) is -1.54. The number of carbonyl (C=O) groups excluding carboxylic acids is 3. The lowest BCUT2D eigenvalue weighted by atomic mass is 9.97. The fourth-order valence-electron chi connectivity index (χ4n) is 5.20. The molecule has 208 valence electrons. The Labute approximate surface area is 241 Å². The largest absolute Gasteiger partial charge is 0.334 e. The van der Waals surface area contributed by atoms with Gasteiger partial charge in [0.25, 0.3) is 5.91 Å². The monoisotopic (exact) mass is 583 g/mol. The number of hydrogen-bond acceptors (Lipinski definition) is 5. The Bertz CT molecular complexity index is 1510. The van der Waals surface area contributed by atoms with Crippen LogP contribution in [0.5, 0.6) is 0 Å². The molecule has 1 fully saturated rings. The highest BCUT2D eigenvalue weighted by molar-refractivity contribution is 6.35. The summed E-state index contributed by atoms with van der Waals surface area (Å²) >= 11 is 12.8. The summed E-state index contributed by atoms with van der Waals surface area (Å²) < 4.78 is 15.2. The lowest BCUT2D eigenvalue weighted by Crippen LogP contribution is -2.51. The van der Waals surface area contributed by atoms with Crippen molar-refractivity contribution >= 4 is 52.6 Å². The molecule has 1 aromatic heterocycles. The van der Waals surface area contributed by atoms with Crippen LogP contribution in [0.25, 0.3) is 17.3 Å². The van der Waals surface area contributed by atoms with Crippen molar-refractivity contribution in [3.8, 4) is 5.69 Å². The van der Waals surface area contributed by atoms with Crippen LogP contribution in [0.3, 0.4) is 0 Å². The van der Waals surface area contributed by atoms with E-state index in [4.69, 9.17) is 28.3 Å². The summed E-state index contributed by atoms with van der Waals surface area (Å²) in [6, 6.07) is 10.9. The number of benzene rings is 2. The van der Waals surface area contributed by atoms with Gasteiger partial charge in [0.15, 0.2) is 5.69 Å². The summed E-state index contributed by atoms with van der Waals surface area (Å²) in [7, 11) is 0. The number of imide groups is 1. The Kier molecular flexibility index (Phi) is 8.07. The zero-order chi connectivity index (χ0) is 28.6. The number of piperidine rings is 1. The fraction of sp³-hybridized carbons (Fsp3) is 0.310. The van der Waals surface area contributed by atoms with E-state index in [1.807, 2.05) is 6.08 Å². The first kappa shape index (κ1) is 28.0. The summed E-state index contributed by atoms with van der Waals surface area (Å²) in [5, 5.41) is 8.39. The molecule has 0 atom stereocenters. The van der Waals surface area contributed by atoms with E-state index in [2.05, 4.69) is 0 Å². The fourth-order valence-corrected chi connectivity index (χ4v) is 5.69. The first-order valence-electron chi connectivity index (χ1n) is 13.0. The van der Waals surface area contributed by atoms with Gasteiger partial charge in [-0.3, -0.25) is 14.4 Å². The van der Waals surface area contributed by atoms with Gasteiger partial charge in [0.2, 0.25) is 11.8 Å². The van der Waals surface area contributed by atoms with Gasteiger partial charge in [0, 0.05) is 44.1 Å². The smallest absolute Gasteiger partial charge is 0.296 e. The predicted octanol–water partition coefficient (Wildman–Crippen LogP) is 5.61. The molecule has 0 aliphatic carbocycles. The molecule has 3 amide bonds. The van der Waals surface area contributed by atoms with Crippen LogP contribution in [0.15, 0.2) is 42.5 Å². The molecule has 11 heteroatoms. The lowest BCUT2D eigenvalue weighted by molar-refractivity contribution is -0.141. The first-order chi connectivity index (χ1) is 19.1. The molecule has 40 heavy (non-hydrogen) atoms. The van der Waals surface area contributed by atoms with Crippen molar-refractivity contribution in [1.82, 2.24) is 24.7 Å². The Morgan fingerprint density at radius 2 is 1.68 bits per heavy atom. The summed E-state index contributed by atoms with van der Waals surface area (Å²) in [6.45, 7) is 4.31. The first-order valence-corrected chi connectivity index (χ1v) is 13.8. The minimum Gasteiger partial charge on any atom is -0.334 e. The number of fused-ring (bicyclic) bond motifs is 1. The molecular weight excluding hydrogens is 556 g/mol. The summed E-state index contributed by atoms with van der Waals surface area (Å²) in [5.41, 5.74) is 2.99. The Hall–Kier alpha value is -3.53. The van der Waals surface area contributed by atoms with Crippen molar-refractivity contribution in [2.75, 3.05) is 19.6 Å². The van der Waals surface area contributed by atoms with Gasteiger partial charge in [-0.1, -0.05) is 41.8 Å². The zero-order valence-corrected chi connectivity index (χ0v) is 23.7. The lowest BCUT2D eigenvalue weighted by Gasteiger charge is -2.35. The van der Waals surface area contributed by atoms with Gasteiger partial charge in [-0.05, 0) is 60.4 Å². The van der Waals surface area contributed by atoms with Crippen molar-refractivity contribution in [2.24, 2.45) is 0 Å². The average molecular weight is 584 g/mol. The molecule has 2 aliphatic rings. The minimum absolute atomic E-state index is 0.0535. The number of hydrogen-bond donors (Lipinski definition) is 0. The summed E-state index contributed by atoms with van der Waals surface area (Å²) in [4.78, 5) is 41.1. The van der Waals surface area contributed by atoms with Crippen LogP contribution in [0.4, 0.5) is 4.39 Å². The van der Waals surface area contributed by atoms with Crippen LogP contribution in [-0.4, -0.2) is 62.1 Å². The van der Waals surface area contributed by atoms with Crippen molar-refractivity contribution in [1.29, 1.82) is 0 Å². The number of hydrazine groups is 1. The van der Waals surface area contributed by atoms with Crippen molar-refractivity contribution in [3.05, 3.63) is 80.8 Å². The molecule has 8 nitrogen and oxygen atoms in total. The number of nitrogens with zero attached hydrogens (tertiary/aromatic N) is 5. The van der Waals surface area contributed by atoms with Gasteiger partial charge >= 0.3 is 0 Å². The standard InChI is InChI=1S/C29H28Cl2FN5O3/c1-18(38)34-16-21(14-20-6-9-23(32)10-7-20)28-24(17-34)27(33-36(28)26-11-8-22(30)15-25(26)31)29(40)37(19(2)39)35-12-4-3-5-13-35/h6-11,14-15H,3-5,12-13,16-17H2,1-2H3/b21-14+. The quantitative estimate of drug-likeness (QED) is 0.399. The van der Waals surface area contributed by atoms with Crippen LogP contribution < -0.4 is 0 Å². The molecule has 1 saturated heterocycles. The SMILES string of the molecule is CC(=O)N1C/C(=C\c2ccc(F)cc2)c2c(c(C(=O)N(C(C)=O)N3CCCCC3)nn2-c2ccc(Cl)cc2Cl)C1. The van der Waals surface area contributed by atoms with Crippen LogP contribution in [-0.2, 0) is 16.1 Å². The predicted molar refractivity (Wildman–Crippen MR) is 151 cm³/mol. The van der Waals surface area contributed by atoms with Gasteiger partial charge in [-0.25, -0.2) is 19.1 Å². The minimum atomic E-state index is -0.568. The molecule has 0 spiro atoms. The molecule has 0 N–H and O–H groups in total. The van der Waals surface area contributed by atoms with E-state index in [0.717, 1.165) is 24.3 Å². The second-order valence-electron chi connectivity index (χ2n) is 9.93. The second-order valence-corrected chi connectivity index (χ2v) is 10.8. The zero-order valence-electron chi connectivity index (χ0n) is 22.2. The van der Waals surface area contributed by atoms with E-state index in [-0.39, 0.29) is 30.5 Å². The molecule has 0 bridgehead atoms. The molecule has 0 saturated carbocycles. The van der Waals surface area contributed by atoms with Crippen LogP contribution >= 0.6 is 23.2 Å². The third-order valence-electron chi connectivity index (χ3n) is 7.10. The van der Waals surface area contributed by atoms with Gasteiger partial charge in [-0.15, -0.1) is 0 Å². The molecular formula is C29H28Cl2FN5O3. The van der Waals surface area contributed by atoms with Crippen LogP contribution in [0, 0.1) is 5.82 Å². The Morgan fingerprint density at radius 1 is 0.975 bits per heavy atom. The number of rotatable bonds is 4. The average Bonchev–Trinajstić information content (AvgIpc) is 3.30. The molecule has 3 heterocycles. The van der Waals surface area contributed by atoms with Crippen molar-refractivity contribution < 1.29 is 18.8 Å². The highest BCUT2D eigenvalue weighted by Gasteiger charge is 2.37. The number of halogens is 3. The molecule has 0 radical (unpaired) electrons. The topological polar surface area (TPSA) is 78.8 Å². The van der Waals surface area contributed by atoms with E-state index in [1.54, 1.807) is 44.9 Å². The van der Waals surface area contributed by atoms with E-state index in [9.17, 15) is 18.8 Å². The maximum atomic E-state index is 14.1. The molecule has 3 aromatic rings. The Balaban J connectivity index is 1.73. The molecule has 2 aliphatic heterocycles. The molecule has 5 rings (SSSR count). The maximum absolute atomic E-state index is 14.1. The van der Waals surface area contributed by atoms with Gasteiger partial charge < -0.3 is 4.90 Å². The van der Waals surface area contributed by atoms with E-state index in [0.29, 0.717) is 51.2 Å². The third-order valence-corrected chi connectivity index (χ3v) is 7.64. The van der Waals surface area contributed by atoms with Gasteiger partial charge in [0.05, 0.1) is 22.9 Å². The Morgan fingerprint density at radius 3 is 2.30 bits per heavy atom. The summed E-state index contributed by atoms with van der Waals surface area (Å²) in [6.07, 6.45) is 4.59. The normalized spacial score (nSPS) is 16.6. The van der Waals surface area contributed by atoms with Gasteiger partial charge in [0.1, 0.15) is 5.82 Å². The second kappa shape index (κ2) is 11.5. The molecule has 2 aromatic carbocycles. The van der Waals surface area contributed by atoms with Crippen molar-refractivity contribution in [2.45, 2.75) is 39.7 Å². The molecule has 0 unspecified atom stereocenters. The highest BCUT2D eigenvalue weighted by Crippen LogP contribution is 2.36. The highest BCUT2D eigenvalue weighted by atomic mass is 35.5. The van der Waals surface area contributed by atoms with E-state index < -0.39 is 11.8 Å². The van der Waals surface area contributed by atoms with E-state index >= 15 is 0 Å². The number of aromatic nitrogens is 2. The number of amides is 3. The van der Waals surface area contributed by atoms with Crippen LogP contribution in [0.2, 0.25) is 10.0 Å². The number of carbonyl (C=O) groups is 3. The maximum Gasteiger partial charge on any atom is 0.296 e. The van der Waals surface area contributed by atoms with E-state index in [1.165, 1.54) is 26.0 Å². The third kappa shape index (κ3) is 5.54. The van der Waals surface area contributed by atoms with Crippen LogP contribution in [0.1, 0.15) is 60.4 Å². The van der Waals surface area contributed by atoms with Gasteiger partial charge in [-0.2, -0.15) is 5.10 Å². The van der Waals surface area contributed by atoms with Crippen molar-refractivity contribution in [3.63, 3.8) is 0 Å².